The number of hydrogen-bond donors (Lipinski definition) is 2. The summed E-state index contributed by atoms with van der Waals surface area (Å²) < 4.78 is 33.1. The molecule has 2 aromatic carbocycles. The van der Waals surface area contributed by atoms with Gasteiger partial charge in [-0.05, 0) is 67.3 Å². The molecule has 0 bridgehead atoms. The summed E-state index contributed by atoms with van der Waals surface area (Å²) in [5, 5.41) is 3.35. The van der Waals surface area contributed by atoms with Crippen LogP contribution in [0.2, 0.25) is 5.02 Å². The summed E-state index contributed by atoms with van der Waals surface area (Å²) in [6, 6.07) is 10.2. The topological polar surface area (TPSA) is 84.5 Å². The van der Waals surface area contributed by atoms with Gasteiger partial charge in [0.2, 0.25) is 15.9 Å². The monoisotopic (exact) mass is 424 g/mol. The lowest BCUT2D eigenvalue weighted by molar-refractivity contribution is -0.118. The first-order chi connectivity index (χ1) is 13.1. The predicted octanol–water partition coefficient (Wildman–Crippen LogP) is 3.99. The molecule has 0 aliphatic rings. The number of hydrogen-bond acceptors (Lipinski definition) is 4. The lowest BCUT2D eigenvalue weighted by Crippen LogP contribution is -2.44. The van der Waals surface area contributed by atoms with E-state index in [9.17, 15) is 13.2 Å². The second-order valence-electron chi connectivity index (χ2n) is 6.93. The Morgan fingerprint density at radius 2 is 1.79 bits per heavy atom. The zero-order valence-corrected chi connectivity index (χ0v) is 17.9. The Labute approximate surface area is 171 Å². The van der Waals surface area contributed by atoms with Gasteiger partial charge in [-0.1, -0.05) is 25.4 Å². The molecule has 2 aromatic rings. The fourth-order valence-corrected chi connectivity index (χ4v) is 4.11. The third kappa shape index (κ3) is 5.95. The molecule has 8 heteroatoms. The van der Waals surface area contributed by atoms with Crippen molar-refractivity contribution >= 4 is 33.2 Å². The fraction of sp³-hybridized carbons (Fsp3) is 0.350. The zero-order chi connectivity index (χ0) is 20.9. The second kappa shape index (κ2) is 9.41. The summed E-state index contributed by atoms with van der Waals surface area (Å²) in [5.74, 6) is 0.241. The lowest BCUT2D eigenvalue weighted by atomic mass is 10.0. The van der Waals surface area contributed by atoms with Crippen LogP contribution < -0.4 is 14.8 Å². The molecule has 0 aliphatic carbocycles. The van der Waals surface area contributed by atoms with Crippen LogP contribution in [0.15, 0.2) is 47.4 Å². The highest BCUT2D eigenvalue weighted by Crippen LogP contribution is 2.21. The Hall–Kier alpha value is -2.09. The van der Waals surface area contributed by atoms with E-state index in [4.69, 9.17) is 16.3 Å². The smallest absolute Gasteiger partial charge is 0.242 e. The highest BCUT2D eigenvalue weighted by molar-refractivity contribution is 7.89. The minimum Gasteiger partial charge on any atom is -0.497 e. The maximum absolute atomic E-state index is 12.8. The predicted molar refractivity (Wildman–Crippen MR) is 111 cm³/mol. The van der Waals surface area contributed by atoms with E-state index in [-0.39, 0.29) is 10.8 Å². The second-order valence-corrected chi connectivity index (χ2v) is 9.08. The van der Waals surface area contributed by atoms with Gasteiger partial charge in [-0.3, -0.25) is 4.79 Å². The van der Waals surface area contributed by atoms with Crippen molar-refractivity contribution in [3.05, 3.63) is 53.1 Å². The van der Waals surface area contributed by atoms with Crippen LogP contribution in [-0.4, -0.2) is 27.5 Å². The normalized spacial score (nSPS) is 12.6. The first kappa shape index (κ1) is 22.2. The van der Waals surface area contributed by atoms with Gasteiger partial charge in [-0.15, -0.1) is 0 Å². The Morgan fingerprint density at radius 3 is 2.32 bits per heavy atom. The Balaban J connectivity index is 2.22. The lowest BCUT2D eigenvalue weighted by Gasteiger charge is -2.21. The maximum atomic E-state index is 12.8. The van der Waals surface area contributed by atoms with Crippen molar-refractivity contribution in [2.75, 3.05) is 12.4 Å². The molecule has 1 amide bonds. The van der Waals surface area contributed by atoms with Crippen LogP contribution in [0.3, 0.4) is 0 Å². The Morgan fingerprint density at radius 1 is 1.14 bits per heavy atom. The molecule has 0 heterocycles. The first-order valence-corrected chi connectivity index (χ1v) is 10.7. The number of amides is 1. The molecular weight excluding hydrogens is 400 g/mol. The SMILES string of the molecule is COc1ccc(S(=O)(=O)N[C@@H](CC(C)C)C(=O)Nc2ccc(Cl)cc2C)cc1. The number of anilines is 1. The molecule has 0 aromatic heterocycles. The van der Waals surface area contributed by atoms with Crippen LogP contribution in [-0.2, 0) is 14.8 Å². The molecule has 2 rings (SSSR count). The first-order valence-electron chi connectivity index (χ1n) is 8.86. The summed E-state index contributed by atoms with van der Waals surface area (Å²) in [4.78, 5) is 12.9. The minimum absolute atomic E-state index is 0.0672. The van der Waals surface area contributed by atoms with Crippen molar-refractivity contribution in [2.24, 2.45) is 5.92 Å². The van der Waals surface area contributed by atoms with Crippen LogP contribution in [0.4, 0.5) is 5.69 Å². The number of carbonyl (C=O) groups is 1. The van der Waals surface area contributed by atoms with Crippen molar-refractivity contribution in [3.63, 3.8) is 0 Å². The van der Waals surface area contributed by atoms with Gasteiger partial charge in [0.05, 0.1) is 12.0 Å². The molecule has 1 atom stereocenters. The van der Waals surface area contributed by atoms with Crippen LogP contribution >= 0.6 is 11.6 Å². The van der Waals surface area contributed by atoms with Crippen molar-refractivity contribution in [1.82, 2.24) is 4.72 Å². The fourth-order valence-electron chi connectivity index (χ4n) is 2.68. The number of benzene rings is 2. The Bertz CT molecular complexity index is 928. The number of nitrogens with one attached hydrogen (secondary N) is 2. The largest absolute Gasteiger partial charge is 0.497 e. The van der Waals surface area contributed by atoms with Crippen LogP contribution in [0, 0.1) is 12.8 Å². The quantitative estimate of drug-likeness (QED) is 0.671. The van der Waals surface area contributed by atoms with Crippen molar-refractivity contribution in [3.8, 4) is 5.75 Å². The molecule has 0 saturated heterocycles. The van der Waals surface area contributed by atoms with Gasteiger partial charge in [0, 0.05) is 10.7 Å². The molecule has 0 aliphatic heterocycles. The number of halogens is 1. The maximum Gasteiger partial charge on any atom is 0.242 e. The van der Waals surface area contributed by atoms with E-state index in [0.29, 0.717) is 22.9 Å². The van der Waals surface area contributed by atoms with Crippen molar-refractivity contribution < 1.29 is 17.9 Å². The molecule has 28 heavy (non-hydrogen) atoms. The van der Waals surface area contributed by atoms with Crippen molar-refractivity contribution in [1.29, 1.82) is 0 Å². The molecule has 152 valence electrons. The third-order valence-corrected chi connectivity index (χ3v) is 5.86. The van der Waals surface area contributed by atoms with E-state index in [0.717, 1.165) is 5.56 Å². The number of methoxy groups -OCH3 is 1. The summed E-state index contributed by atoms with van der Waals surface area (Å²) in [7, 11) is -2.37. The van der Waals surface area contributed by atoms with Gasteiger partial charge in [0.15, 0.2) is 0 Å². The summed E-state index contributed by atoms with van der Waals surface area (Å²) >= 11 is 5.95. The molecule has 0 unspecified atom stereocenters. The average Bonchev–Trinajstić information content (AvgIpc) is 2.63. The van der Waals surface area contributed by atoms with Crippen LogP contribution in [0.5, 0.6) is 5.75 Å². The van der Waals surface area contributed by atoms with Crippen molar-refractivity contribution in [2.45, 2.75) is 38.1 Å². The van der Waals surface area contributed by atoms with Crippen LogP contribution in [0.1, 0.15) is 25.8 Å². The van der Waals surface area contributed by atoms with Gasteiger partial charge in [-0.25, -0.2) is 8.42 Å². The number of sulfonamides is 1. The average molecular weight is 425 g/mol. The highest BCUT2D eigenvalue weighted by atomic mass is 35.5. The molecule has 0 fully saturated rings. The summed E-state index contributed by atoms with van der Waals surface area (Å²) in [6.07, 6.45) is 0.355. The van der Waals surface area contributed by atoms with E-state index in [1.54, 1.807) is 30.3 Å². The molecule has 2 N–H and O–H groups in total. The van der Waals surface area contributed by atoms with Gasteiger partial charge < -0.3 is 10.1 Å². The standard InChI is InChI=1S/C20H25ClN2O4S/c1-13(2)11-19(20(24)22-18-10-5-15(21)12-14(18)3)23-28(25,26)17-8-6-16(27-4)7-9-17/h5-10,12-13,19,23H,11H2,1-4H3,(H,22,24)/t19-/m0/s1. The number of aryl methyl sites for hydroxylation is 1. The third-order valence-electron chi connectivity index (χ3n) is 4.14. The molecule has 0 saturated carbocycles. The van der Waals surface area contributed by atoms with E-state index >= 15 is 0 Å². The zero-order valence-electron chi connectivity index (χ0n) is 16.3. The van der Waals surface area contributed by atoms with Gasteiger partial charge in [-0.2, -0.15) is 4.72 Å². The Kier molecular flexibility index (Phi) is 7.46. The molecular formula is C20H25ClN2O4S. The number of carbonyl (C=O) groups excluding carboxylic acids is 1. The van der Waals surface area contributed by atoms with E-state index in [2.05, 4.69) is 10.0 Å². The van der Waals surface area contributed by atoms with E-state index in [1.807, 2.05) is 20.8 Å². The van der Waals surface area contributed by atoms with E-state index in [1.165, 1.54) is 19.2 Å². The number of rotatable bonds is 8. The summed E-state index contributed by atoms with van der Waals surface area (Å²) in [5.41, 5.74) is 1.38. The molecule has 6 nitrogen and oxygen atoms in total. The van der Waals surface area contributed by atoms with Gasteiger partial charge >= 0.3 is 0 Å². The summed E-state index contributed by atoms with van der Waals surface area (Å²) in [6.45, 7) is 5.67. The minimum atomic E-state index is -3.87. The molecule has 0 spiro atoms. The molecule has 0 radical (unpaired) electrons. The van der Waals surface area contributed by atoms with Crippen LogP contribution in [0.25, 0.3) is 0 Å². The van der Waals surface area contributed by atoms with Gasteiger partial charge in [0.1, 0.15) is 11.8 Å². The van der Waals surface area contributed by atoms with Gasteiger partial charge in [0.25, 0.3) is 0 Å². The van der Waals surface area contributed by atoms with E-state index < -0.39 is 22.0 Å². The highest BCUT2D eigenvalue weighted by Gasteiger charge is 2.27. The number of ether oxygens (including phenoxy) is 1.